The molecule has 21 heavy (non-hydrogen) atoms. The fraction of sp³-hybridized carbons (Fsp3) is 0.786. The summed E-state index contributed by atoms with van der Waals surface area (Å²) >= 11 is 0. The van der Waals surface area contributed by atoms with Crippen LogP contribution in [0.5, 0.6) is 0 Å². The molecule has 1 saturated heterocycles. The zero-order valence-corrected chi connectivity index (χ0v) is 13.2. The summed E-state index contributed by atoms with van der Waals surface area (Å²) in [6, 6.07) is -0.830. The van der Waals surface area contributed by atoms with Gasteiger partial charge in [0.1, 0.15) is 6.04 Å². The third-order valence-corrected chi connectivity index (χ3v) is 3.67. The molecule has 120 valence electrons. The largest absolute Gasteiger partial charge is 0.358 e. The van der Waals surface area contributed by atoms with Gasteiger partial charge in [-0.2, -0.15) is 0 Å². The summed E-state index contributed by atoms with van der Waals surface area (Å²) in [5, 5.41) is 8.51. The first-order valence-corrected chi connectivity index (χ1v) is 7.33. The van der Waals surface area contributed by atoms with E-state index in [1.54, 1.807) is 7.05 Å². The van der Waals surface area contributed by atoms with E-state index in [1.807, 2.05) is 18.7 Å². The Hall–Kier alpha value is -1.47. The van der Waals surface area contributed by atoms with Gasteiger partial charge in [-0.05, 0) is 12.8 Å². The average Bonchev–Trinajstić information content (AvgIpc) is 2.43. The van der Waals surface area contributed by atoms with Crippen LogP contribution in [0.4, 0.5) is 0 Å². The zero-order chi connectivity index (χ0) is 16.0. The van der Waals surface area contributed by atoms with Gasteiger partial charge in [0.15, 0.2) is 5.78 Å². The average molecular weight is 298 g/mol. The number of piperazine rings is 1. The van der Waals surface area contributed by atoms with Gasteiger partial charge in [-0.3, -0.25) is 19.3 Å². The molecule has 2 unspecified atom stereocenters. The maximum Gasteiger partial charge on any atom is 0.238 e. The molecule has 1 rings (SSSR count). The number of nitrogens with zero attached hydrogens (tertiary/aromatic N) is 1. The van der Waals surface area contributed by atoms with Crippen molar-refractivity contribution in [1.82, 2.24) is 20.9 Å². The lowest BCUT2D eigenvalue weighted by Gasteiger charge is -2.34. The Bertz CT molecular complexity index is 398. The molecule has 1 aliphatic rings. The number of nitrogens with one attached hydrogen (secondary N) is 3. The summed E-state index contributed by atoms with van der Waals surface area (Å²) in [6.07, 6.45) is 0. The van der Waals surface area contributed by atoms with E-state index in [0.717, 1.165) is 6.54 Å². The third-order valence-electron chi connectivity index (χ3n) is 3.67. The minimum Gasteiger partial charge on any atom is -0.358 e. The molecule has 2 atom stereocenters. The summed E-state index contributed by atoms with van der Waals surface area (Å²) in [7, 11) is 1.58. The normalized spacial score (nSPS) is 20.9. The number of carbonyl (C=O) groups excluding carboxylic acids is 3. The second-order valence-electron chi connectivity index (χ2n) is 5.70. The van der Waals surface area contributed by atoms with Crippen LogP contribution in [-0.4, -0.2) is 67.8 Å². The molecule has 0 bridgehead atoms. The smallest absolute Gasteiger partial charge is 0.238 e. The van der Waals surface area contributed by atoms with E-state index in [9.17, 15) is 14.4 Å². The van der Waals surface area contributed by atoms with E-state index < -0.39 is 6.04 Å². The maximum atomic E-state index is 12.1. The van der Waals surface area contributed by atoms with Gasteiger partial charge in [0.25, 0.3) is 0 Å². The van der Waals surface area contributed by atoms with E-state index in [4.69, 9.17) is 0 Å². The van der Waals surface area contributed by atoms with Gasteiger partial charge < -0.3 is 16.0 Å². The molecule has 1 heterocycles. The van der Waals surface area contributed by atoms with Crippen molar-refractivity contribution in [2.45, 2.75) is 32.9 Å². The van der Waals surface area contributed by atoms with Gasteiger partial charge in [0.2, 0.25) is 11.8 Å². The van der Waals surface area contributed by atoms with E-state index in [1.165, 1.54) is 6.92 Å². The Kier molecular flexibility index (Phi) is 6.77. The highest BCUT2D eigenvalue weighted by molar-refractivity contribution is 5.89. The first kappa shape index (κ1) is 17.6. The first-order valence-electron chi connectivity index (χ1n) is 7.33. The van der Waals surface area contributed by atoms with Crippen molar-refractivity contribution in [2.24, 2.45) is 5.92 Å². The molecule has 0 radical (unpaired) electrons. The number of likely N-dealkylation sites (N-methyl/N-ethyl adjacent to an activating group) is 1. The van der Waals surface area contributed by atoms with Crippen LogP contribution < -0.4 is 16.0 Å². The minimum absolute atomic E-state index is 0.0456. The van der Waals surface area contributed by atoms with Gasteiger partial charge >= 0.3 is 0 Å². The van der Waals surface area contributed by atoms with Crippen molar-refractivity contribution in [2.75, 3.05) is 33.2 Å². The molecule has 0 saturated carbocycles. The van der Waals surface area contributed by atoms with Gasteiger partial charge in [0.05, 0.1) is 12.6 Å². The van der Waals surface area contributed by atoms with Crippen LogP contribution in [0.2, 0.25) is 0 Å². The molecule has 0 aromatic heterocycles. The Morgan fingerprint density at radius 3 is 2.52 bits per heavy atom. The summed E-state index contributed by atoms with van der Waals surface area (Å²) in [5.41, 5.74) is 0. The number of ketones is 1. The summed E-state index contributed by atoms with van der Waals surface area (Å²) < 4.78 is 0. The molecule has 1 fully saturated rings. The Labute approximate surface area is 125 Å². The Morgan fingerprint density at radius 1 is 1.33 bits per heavy atom. The molecule has 0 aliphatic carbocycles. The van der Waals surface area contributed by atoms with Crippen molar-refractivity contribution in [1.29, 1.82) is 0 Å². The molecular weight excluding hydrogens is 272 g/mol. The van der Waals surface area contributed by atoms with Crippen molar-refractivity contribution in [3.05, 3.63) is 0 Å². The van der Waals surface area contributed by atoms with Crippen molar-refractivity contribution >= 4 is 17.6 Å². The second kappa shape index (κ2) is 8.09. The zero-order valence-electron chi connectivity index (χ0n) is 13.2. The molecule has 7 heteroatoms. The molecule has 0 aromatic rings. The Balaban J connectivity index is 2.62. The quantitative estimate of drug-likeness (QED) is 0.569. The van der Waals surface area contributed by atoms with Crippen LogP contribution in [0.3, 0.4) is 0 Å². The SMILES string of the molecule is CNC(=O)C1CNCCN1CC(=O)NC(C(C)=O)C(C)C. The lowest BCUT2D eigenvalue weighted by atomic mass is 10.0. The summed E-state index contributed by atoms with van der Waals surface area (Å²) in [4.78, 5) is 37.3. The van der Waals surface area contributed by atoms with Gasteiger partial charge in [-0.15, -0.1) is 0 Å². The maximum absolute atomic E-state index is 12.1. The lowest BCUT2D eigenvalue weighted by Crippen LogP contribution is -2.60. The monoisotopic (exact) mass is 298 g/mol. The van der Waals surface area contributed by atoms with Crippen LogP contribution in [-0.2, 0) is 14.4 Å². The van der Waals surface area contributed by atoms with E-state index in [-0.39, 0.29) is 36.1 Å². The Morgan fingerprint density at radius 2 is 2.00 bits per heavy atom. The molecule has 0 aromatic carbocycles. The van der Waals surface area contributed by atoms with Gasteiger partial charge in [-0.25, -0.2) is 0 Å². The molecule has 7 nitrogen and oxygen atoms in total. The fourth-order valence-corrected chi connectivity index (χ4v) is 2.50. The van der Waals surface area contributed by atoms with E-state index in [2.05, 4.69) is 16.0 Å². The van der Waals surface area contributed by atoms with Crippen molar-refractivity contribution in [3.8, 4) is 0 Å². The van der Waals surface area contributed by atoms with Crippen molar-refractivity contribution < 1.29 is 14.4 Å². The van der Waals surface area contributed by atoms with Crippen molar-refractivity contribution in [3.63, 3.8) is 0 Å². The van der Waals surface area contributed by atoms with Gasteiger partial charge in [0, 0.05) is 26.7 Å². The fourth-order valence-electron chi connectivity index (χ4n) is 2.50. The summed E-state index contributed by atoms with van der Waals surface area (Å²) in [5.74, 6) is -0.340. The highest BCUT2D eigenvalue weighted by Crippen LogP contribution is 2.05. The lowest BCUT2D eigenvalue weighted by molar-refractivity contribution is -0.132. The molecule has 3 N–H and O–H groups in total. The number of Topliss-reactive ketones (excluding diaryl/α,β-unsaturated/α-hetero) is 1. The first-order chi connectivity index (χ1) is 9.86. The standard InChI is InChI=1S/C14H26N4O3/c1-9(2)13(10(3)19)17-12(20)8-18-6-5-16-7-11(18)14(21)15-4/h9,11,13,16H,5-8H2,1-4H3,(H,15,21)(H,17,20). The number of hydrogen-bond donors (Lipinski definition) is 3. The number of carbonyl (C=O) groups is 3. The van der Waals surface area contributed by atoms with E-state index >= 15 is 0 Å². The van der Waals surface area contributed by atoms with Crippen LogP contribution in [0.1, 0.15) is 20.8 Å². The minimum atomic E-state index is -0.473. The molecule has 2 amide bonds. The predicted molar refractivity (Wildman–Crippen MR) is 79.7 cm³/mol. The van der Waals surface area contributed by atoms with E-state index in [0.29, 0.717) is 13.1 Å². The van der Waals surface area contributed by atoms with Gasteiger partial charge in [-0.1, -0.05) is 13.8 Å². The number of rotatable bonds is 6. The van der Waals surface area contributed by atoms with Crippen LogP contribution in [0.15, 0.2) is 0 Å². The number of amides is 2. The topological polar surface area (TPSA) is 90.5 Å². The molecule has 0 spiro atoms. The van der Waals surface area contributed by atoms with Crippen LogP contribution in [0.25, 0.3) is 0 Å². The number of hydrogen-bond acceptors (Lipinski definition) is 5. The predicted octanol–water partition coefficient (Wildman–Crippen LogP) is -1.26. The van der Waals surface area contributed by atoms with Crippen LogP contribution >= 0.6 is 0 Å². The highest BCUT2D eigenvalue weighted by atomic mass is 16.2. The van der Waals surface area contributed by atoms with Crippen LogP contribution in [0, 0.1) is 5.92 Å². The molecule has 1 aliphatic heterocycles. The molecular formula is C14H26N4O3. The third kappa shape index (κ3) is 5.09. The highest BCUT2D eigenvalue weighted by Gasteiger charge is 2.30. The second-order valence-corrected chi connectivity index (χ2v) is 5.70. The summed E-state index contributed by atoms with van der Waals surface area (Å²) in [6.45, 7) is 7.26.